The van der Waals surface area contributed by atoms with Crippen molar-refractivity contribution in [3.63, 3.8) is 0 Å². The van der Waals surface area contributed by atoms with Gasteiger partial charge in [0.15, 0.2) is 0 Å². The molecular weight excluding hydrogens is 1800 g/mol. The number of nitro groups is 2. The smallest absolute Gasteiger partial charge is 0.345 e. The number of para-hydroxylation sites is 4. The number of ether oxygens (including phenoxy) is 6. The van der Waals surface area contributed by atoms with Crippen molar-refractivity contribution in [3.05, 3.63) is 233 Å². The summed E-state index contributed by atoms with van der Waals surface area (Å²) in [6, 6.07) is 29.1. The van der Waals surface area contributed by atoms with Crippen LogP contribution >= 0.6 is 11.6 Å². The summed E-state index contributed by atoms with van der Waals surface area (Å²) in [7, 11) is 14.8. The summed E-state index contributed by atoms with van der Waals surface area (Å²) in [5, 5.41) is 33.0. The first-order valence-corrected chi connectivity index (χ1v) is 45.3. The number of benzene rings is 6. The van der Waals surface area contributed by atoms with Gasteiger partial charge >= 0.3 is 35.3 Å². The molecule has 4 aliphatic carbocycles. The Bertz CT molecular complexity index is 7070. The van der Waals surface area contributed by atoms with Crippen LogP contribution in [0.15, 0.2) is 151 Å². The number of methoxy groups -OCH3 is 2. The largest absolute Gasteiger partial charge is 0.494 e. The van der Waals surface area contributed by atoms with Crippen LogP contribution in [-0.4, -0.2) is 199 Å². The van der Waals surface area contributed by atoms with Crippen LogP contribution in [0.25, 0.3) is 88.6 Å². The average molecular weight is 1910 g/mol. The molecule has 0 spiro atoms. The minimum atomic E-state index is -1.05. The first kappa shape index (κ1) is 97.2. The van der Waals surface area contributed by atoms with E-state index in [9.17, 15) is 48.6 Å². The van der Waals surface area contributed by atoms with E-state index in [1.807, 2.05) is 78.6 Å². The van der Waals surface area contributed by atoms with Gasteiger partial charge in [-0.1, -0.05) is 72.8 Å². The summed E-state index contributed by atoms with van der Waals surface area (Å²) in [6.07, 6.45) is 20.4. The Labute approximate surface area is 796 Å². The van der Waals surface area contributed by atoms with Gasteiger partial charge in [-0.15, -0.1) is 0 Å². The lowest BCUT2D eigenvalue weighted by Gasteiger charge is -2.22. The molecule has 720 valence electrons. The number of hydrogen-bond donors (Lipinski definition) is 3. The number of rotatable bonds is 32. The van der Waals surface area contributed by atoms with Crippen LogP contribution in [0.2, 0.25) is 5.28 Å². The lowest BCUT2D eigenvalue weighted by molar-refractivity contribution is -0.387. The molecule has 0 unspecified atom stereocenters. The normalized spacial score (nSPS) is 13.3. The number of fused-ring (bicyclic) bond motifs is 4. The summed E-state index contributed by atoms with van der Waals surface area (Å²) in [5.41, 5.74) is 12.9. The first-order valence-electron chi connectivity index (χ1n) is 45.0. The first-order chi connectivity index (χ1) is 66.2. The van der Waals surface area contributed by atoms with Crippen LogP contribution in [0.3, 0.4) is 0 Å². The lowest BCUT2D eigenvalue weighted by atomic mass is 10.0. The molecule has 0 atom stereocenters. The number of H-pyrrole nitrogens is 1. The Morgan fingerprint density at radius 3 is 1.14 bits per heavy atom. The quantitative estimate of drug-likeness (QED) is 0.0116. The second-order valence-corrected chi connectivity index (χ2v) is 35.3. The minimum absolute atomic E-state index is 0.00182. The van der Waals surface area contributed by atoms with E-state index in [1.54, 1.807) is 134 Å². The Morgan fingerprint density at radius 1 is 0.464 bits per heavy atom. The highest BCUT2D eigenvalue weighted by Gasteiger charge is 2.36. The second-order valence-electron chi connectivity index (χ2n) is 34.9. The predicted octanol–water partition coefficient (Wildman–Crippen LogP) is 17.8. The van der Waals surface area contributed by atoms with Gasteiger partial charge in [-0.25, -0.2) is 58.9 Å². The van der Waals surface area contributed by atoms with Crippen molar-refractivity contribution in [2.75, 3.05) is 92.4 Å². The standard InChI is InChI=1S/C32H39N7O6.C27H26FN5O6.C20H20ClN3O3.C20H21N3O4/c1-19(2)45-31(40)23-17-33-32(34-25-15-27(39(41)42)26(16-28(25)43-6)37(5)14-13-36(3)4)35-29(23)24-18-38(44-7)30-21(20-11-12-20)9-8-10-22(24)30;1-14(2)39-26(34)18-12-29-27(30-21-11-22(33(35)36)20(28)10-23(21)37-3)31-24(18)19-13-32(38-4)25-16(15-8-9-15)6-5-7-17(19)25;1-11(2)27-19(25)15-9-22-20(21)23-17(15)16-10-24(26-3)18-13(12-7-8-12)5-4-6-14(16)18;1-11(2)27-19(24)15-9-21-20(25)22-17(15)16-10-23(26-3)18-13(12-7-8-12)5-4-6-14(16)18/h8-10,15-20H,11-14H2,1-7H3,(H,33,34,35);5-7,10-15H,8-9H2,1-4H3,(H,29,30,31);4-6,9-12H,7-8H2,1-3H3;4-6,9-12H,7-8H2,1-3H3,(H,21,22,25). The molecule has 3 N–H and O–H groups in total. The maximum absolute atomic E-state index is 14.2. The van der Waals surface area contributed by atoms with Gasteiger partial charge in [0, 0.05) is 113 Å². The molecule has 138 heavy (non-hydrogen) atoms. The number of likely N-dealkylation sites (N-methyl/N-ethyl adjacent to an activating group) is 2. The second kappa shape index (κ2) is 41.5. The van der Waals surface area contributed by atoms with Crippen LogP contribution in [0.5, 0.6) is 11.5 Å². The number of nitrogens with zero attached hydrogens (tertiary/aromatic N) is 15. The predicted molar refractivity (Wildman–Crippen MR) is 517 cm³/mol. The van der Waals surface area contributed by atoms with Crippen molar-refractivity contribution in [3.8, 4) is 56.5 Å². The number of esters is 4. The third-order valence-electron chi connectivity index (χ3n) is 23.3. The molecule has 39 heteroatoms. The van der Waals surface area contributed by atoms with Gasteiger partial charge in [0.05, 0.1) is 129 Å². The summed E-state index contributed by atoms with van der Waals surface area (Å²) >= 11 is 6.05. The zero-order chi connectivity index (χ0) is 98.5. The van der Waals surface area contributed by atoms with E-state index in [1.165, 1.54) is 74.6 Å². The number of aromatic nitrogens is 12. The number of nitrogens with one attached hydrogen (secondary N) is 3. The van der Waals surface area contributed by atoms with Gasteiger partial charge in [0.2, 0.25) is 23.0 Å². The van der Waals surface area contributed by atoms with Crippen LogP contribution in [0, 0.1) is 26.0 Å². The zero-order valence-corrected chi connectivity index (χ0v) is 80.0. The van der Waals surface area contributed by atoms with Gasteiger partial charge in [-0.3, -0.25) is 20.2 Å². The molecule has 8 aromatic heterocycles. The molecule has 0 radical (unpaired) electrons. The molecule has 4 fully saturated rings. The summed E-state index contributed by atoms with van der Waals surface area (Å²) < 4.78 is 53.4. The molecule has 8 heterocycles. The summed E-state index contributed by atoms with van der Waals surface area (Å²) in [5.74, 6) is -0.792. The van der Waals surface area contributed by atoms with E-state index in [0.29, 0.717) is 87.7 Å². The number of halogens is 2. The summed E-state index contributed by atoms with van der Waals surface area (Å²) in [4.78, 5) is 145. The Balaban J connectivity index is 0.000000143. The average Bonchev–Trinajstić information content (AvgIpc) is 1.65. The number of anilines is 5. The molecule has 0 saturated heterocycles. The molecule has 4 aliphatic rings. The summed E-state index contributed by atoms with van der Waals surface area (Å²) in [6.45, 7) is 15.4. The van der Waals surface area contributed by atoms with Gasteiger partial charge < -0.3 is 73.2 Å². The highest BCUT2D eigenvalue weighted by Crippen LogP contribution is 2.51. The Morgan fingerprint density at radius 2 is 0.797 bits per heavy atom. The fourth-order valence-electron chi connectivity index (χ4n) is 16.5. The number of carbonyl (C=O) groups is 4. The number of nitro benzene ring substituents is 2. The Kier molecular flexibility index (Phi) is 29.2. The molecular formula is C99H106ClFN18O19. The fraction of sp³-hybridized carbons (Fsp3) is 0.354. The Hall–Kier alpha value is -15.3. The van der Waals surface area contributed by atoms with Crippen LogP contribution in [0.4, 0.5) is 44.7 Å². The van der Waals surface area contributed by atoms with Gasteiger partial charge in [-0.05, 0) is 178 Å². The monoisotopic (exact) mass is 1900 g/mol. The molecule has 0 amide bonds. The van der Waals surface area contributed by atoms with E-state index in [4.69, 9.17) is 64.4 Å². The van der Waals surface area contributed by atoms with Crippen molar-refractivity contribution in [1.29, 1.82) is 0 Å². The zero-order valence-electron chi connectivity index (χ0n) is 79.3. The molecule has 14 aromatic rings. The van der Waals surface area contributed by atoms with Crippen molar-refractivity contribution >= 4 is 119 Å². The lowest BCUT2D eigenvalue weighted by Crippen LogP contribution is -2.29. The third-order valence-corrected chi connectivity index (χ3v) is 23.5. The van der Waals surface area contributed by atoms with E-state index in [0.717, 1.165) is 105 Å². The maximum atomic E-state index is 14.2. The third kappa shape index (κ3) is 21.2. The molecule has 6 aromatic carbocycles. The van der Waals surface area contributed by atoms with Gasteiger partial charge in [0.25, 0.3) is 5.69 Å². The van der Waals surface area contributed by atoms with Crippen LogP contribution in [0.1, 0.15) is 194 Å². The molecule has 37 nitrogen and oxygen atoms in total. The molecule has 4 saturated carbocycles. The molecule has 0 bridgehead atoms. The fourth-order valence-corrected chi connectivity index (χ4v) is 16.6. The number of aromatic amines is 1. The highest BCUT2D eigenvalue weighted by atomic mass is 35.5. The van der Waals surface area contributed by atoms with Gasteiger partial charge in [0.1, 0.15) is 67.9 Å². The van der Waals surface area contributed by atoms with E-state index >= 15 is 0 Å². The van der Waals surface area contributed by atoms with Crippen molar-refractivity contribution in [2.24, 2.45) is 0 Å². The molecule has 18 rings (SSSR count). The van der Waals surface area contributed by atoms with Crippen LogP contribution < -0.4 is 50.0 Å². The minimum Gasteiger partial charge on any atom is -0.494 e. The van der Waals surface area contributed by atoms with Crippen molar-refractivity contribution in [2.45, 2.75) is 155 Å². The van der Waals surface area contributed by atoms with Crippen LogP contribution in [-0.2, 0) is 18.9 Å². The van der Waals surface area contributed by atoms with E-state index in [2.05, 4.69) is 69.8 Å². The topological polar surface area (TPSA) is 420 Å². The van der Waals surface area contributed by atoms with E-state index < -0.39 is 50.9 Å². The van der Waals surface area contributed by atoms with Crippen molar-refractivity contribution in [1.82, 2.24) is 63.7 Å². The number of carbonyl (C=O) groups excluding carboxylic acids is 4. The SMILES string of the molecule is COc1cc(F)c([N+](=O)[O-])cc1Nc1ncc(C(=O)OC(C)C)c(-c2cn(OC)c3c(C4CC4)cccc23)n1.COc1cc(N(C)CCN(C)C)c([N+](=O)[O-])cc1Nc1ncc(C(=O)OC(C)C)c(-c2cn(OC)c3c(C4CC4)cccc23)n1.COn1cc(-c2[nH]c(=O)ncc2C(=O)OC(C)C)c2cccc(C3CC3)c21.COn1cc(-c2nc(Cl)ncc2C(=O)OC(C)C)c2cccc(C3CC3)c21. The maximum Gasteiger partial charge on any atom is 0.345 e. The van der Waals surface area contributed by atoms with Crippen molar-refractivity contribution < 1.29 is 81.2 Å². The van der Waals surface area contributed by atoms with Gasteiger partial charge in [-0.2, -0.15) is 23.3 Å². The molecule has 0 aliphatic heterocycles. The highest BCUT2D eigenvalue weighted by molar-refractivity contribution is 6.28. The number of hydrogen-bond acceptors (Lipinski definition) is 30. The van der Waals surface area contributed by atoms with E-state index in [-0.39, 0.29) is 86.7 Å².